The summed E-state index contributed by atoms with van der Waals surface area (Å²) in [5.74, 6) is 0.707. The molecule has 2 heterocycles. The molecule has 1 spiro atoms. The number of pyridine rings is 1. The molecule has 1 aromatic rings. The number of anilines is 1. The summed E-state index contributed by atoms with van der Waals surface area (Å²) < 4.78 is 6.08. The summed E-state index contributed by atoms with van der Waals surface area (Å²) in [6, 6.07) is 3.51. The van der Waals surface area contributed by atoms with Crippen molar-refractivity contribution in [2.45, 2.75) is 56.6 Å². The summed E-state index contributed by atoms with van der Waals surface area (Å²) >= 11 is 0. The summed E-state index contributed by atoms with van der Waals surface area (Å²) in [6.07, 6.45) is 9.39. The molecule has 1 saturated carbocycles. The molecule has 1 atom stereocenters. The molecule has 1 aliphatic carbocycles. The highest BCUT2D eigenvalue weighted by molar-refractivity contribution is 5.41. The zero-order chi connectivity index (χ0) is 14.7. The molecule has 6 nitrogen and oxygen atoms in total. The Morgan fingerprint density at radius 2 is 2.14 bits per heavy atom. The lowest BCUT2D eigenvalue weighted by Crippen LogP contribution is -2.45. The van der Waals surface area contributed by atoms with E-state index in [1.54, 1.807) is 6.07 Å². The SMILES string of the molecule is O=[N+]([O-])c1ccc(NC2CCOC3(CCCCC3)C2)nc1. The number of ether oxygens (including phenoxy) is 1. The Morgan fingerprint density at radius 3 is 2.81 bits per heavy atom. The molecular formula is C15H21N3O3. The molecule has 1 aromatic heterocycles. The van der Waals surface area contributed by atoms with Gasteiger partial charge in [0.15, 0.2) is 0 Å². The fourth-order valence-electron chi connectivity index (χ4n) is 3.48. The van der Waals surface area contributed by atoms with E-state index in [1.807, 2.05) is 0 Å². The summed E-state index contributed by atoms with van der Waals surface area (Å²) in [4.78, 5) is 14.3. The van der Waals surface area contributed by atoms with Crippen molar-refractivity contribution < 1.29 is 9.66 Å². The van der Waals surface area contributed by atoms with Gasteiger partial charge in [-0.1, -0.05) is 19.3 Å². The van der Waals surface area contributed by atoms with Crippen molar-refractivity contribution >= 4 is 11.5 Å². The molecule has 0 aromatic carbocycles. The second-order valence-corrected chi connectivity index (χ2v) is 6.08. The van der Waals surface area contributed by atoms with E-state index in [4.69, 9.17) is 4.74 Å². The molecule has 1 aliphatic heterocycles. The van der Waals surface area contributed by atoms with Crippen molar-refractivity contribution in [2.24, 2.45) is 0 Å². The summed E-state index contributed by atoms with van der Waals surface area (Å²) in [7, 11) is 0. The zero-order valence-electron chi connectivity index (χ0n) is 12.1. The van der Waals surface area contributed by atoms with E-state index < -0.39 is 4.92 Å². The molecule has 1 saturated heterocycles. The first kappa shape index (κ1) is 14.3. The standard InChI is InChI=1S/C15H21N3O3/c19-18(20)13-4-5-14(16-11-13)17-12-6-9-21-15(10-12)7-2-1-3-8-15/h4-5,11-12H,1-3,6-10H2,(H,16,17). The maximum Gasteiger partial charge on any atom is 0.287 e. The summed E-state index contributed by atoms with van der Waals surface area (Å²) in [5, 5.41) is 14.0. The highest BCUT2D eigenvalue weighted by Crippen LogP contribution is 2.39. The fraction of sp³-hybridized carbons (Fsp3) is 0.667. The van der Waals surface area contributed by atoms with E-state index in [0.29, 0.717) is 11.9 Å². The number of nitro groups is 1. The molecule has 6 heteroatoms. The van der Waals surface area contributed by atoms with Crippen LogP contribution in [0.5, 0.6) is 0 Å². The number of hydrogen-bond acceptors (Lipinski definition) is 5. The molecule has 0 amide bonds. The van der Waals surface area contributed by atoms with Gasteiger partial charge in [-0.25, -0.2) is 4.98 Å². The van der Waals surface area contributed by atoms with Crippen molar-refractivity contribution in [3.8, 4) is 0 Å². The van der Waals surface area contributed by atoms with E-state index >= 15 is 0 Å². The lowest BCUT2D eigenvalue weighted by molar-refractivity contribution is -0.385. The Morgan fingerprint density at radius 1 is 1.33 bits per heavy atom. The molecule has 3 rings (SSSR count). The zero-order valence-corrected chi connectivity index (χ0v) is 12.1. The van der Waals surface area contributed by atoms with E-state index in [2.05, 4.69) is 10.3 Å². The molecule has 0 bridgehead atoms. The van der Waals surface area contributed by atoms with E-state index in [9.17, 15) is 10.1 Å². The van der Waals surface area contributed by atoms with Gasteiger partial charge in [-0.3, -0.25) is 10.1 Å². The van der Waals surface area contributed by atoms with Crippen LogP contribution in [-0.4, -0.2) is 28.2 Å². The molecule has 2 aliphatic rings. The maximum atomic E-state index is 10.6. The van der Waals surface area contributed by atoms with Crippen molar-refractivity contribution in [1.82, 2.24) is 4.98 Å². The topological polar surface area (TPSA) is 77.3 Å². The minimum atomic E-state index is -0.428. The van der Waals surface area contributed by atoms with E-state index in [1.165, 1.54) is 31.5 Å². The average molecular weight is 291 g/mol. The number of nitrogens with one attached hydrogen (secondary N) is 1. The smallest absolute Gasteiger partial charge is 0.287 e. The van der Waals surface area contributed by atoms with Crippen molar-refractivity contribution in [1.29, 1.82) is 0 Å². The lowest BCUT2D eigenvalue weighted by atomic mass is 9.78. The molecule has 1 unspecified atom stereocenters. The van der Waals surface area contributed by atoms with Gasteiger partial charge in [-0.05, 0) is 31.7 Å². The third-order valence-electron chi connectivity index (χ3n) is 4.57. The van der Waals surface area contributed by atoms with Crippen LogP contribution in [0.15, 0.2) is 18.3 Å². The number of nitrogens with zero attached hydrogens (tertiary/aromatic N) is 2. The van der Waals surface area contributed by atoms with Gasteiger partial charge in [0.2, 0.25) is 0 Å². The van der Waals surface area contributed by atoms with Gasteiger partial charge in [0.1, 0.15) is 12.0 Å². The third kappa shape index (κ3) is 3.32. The normalized spacial score (nSPS) is 24.7. The highest BCUT2D eigenvalue weighted by Gasteiger charge is 2.38. The first-order valence-electron chi connectivity index (χ1n) is 7.68. The van der Waals surface area contributed by atoms with Gasteiger partial charge >= 0.3 is 0 Å². The predicted molar refractivity (Wildman–Crippen MR) is 79.3 cm³/mol. The van der Waals surface area contributed by atoms with Gasteiger partial charge in [0.05, 0.1) is 10.5 Å². The minimum Gasteiger partial charge on any atom is -0.375 e. The molecule has 1 N–H and O–H groups in total. The number of rotatable bonds is 3. The van der Waals surface area contributed by atoms with E-state index in [-0.39, 0.29) is 11.3 Å². The summed E-state index contributed by atoms with van der Waals surface area (Å²) in [5.41, 5.74) is 0.0749. The van der Waals surface area contributed by atoms with Crippen LogP contribution in [0.3, 0.4) is 0 Å². The van der Waals surface area contributed by atoms with Crippen molar-refractivity contribution in [3.05, 3.63) is 28.4 Å². The quantitative estimate of drug-likeness (QED) is 0.683. The van der Waals surface area contributed by atoms with Crippen LogP contribution < -0.4 is 5.32 Å². The van der Waals surface area contributed by atoms with Crippen molar-refractivity contribution in [2.75, 3.05) is 11.9 Å². The van der Waals surface area contributed by atoms with Gasteiger partial charge in [0, 0.05) is 18.7 Å². The maximum absolute atomic E-state index is 10.6. The Balaban J connectivity index is 1.62. The van der Waals surface area contributed by atoms with Crippen LogP contribution in [0.25, 0.3) is 0 Å². The van der Waals surface area contributed by atoms with Gasteiger partial charge < -0.3 is 10.1 Å². The Labute approximate surface area is 124 Å². The monoisotopic (exact) mass is 291 g/mol. The molecular weight excluding hydrogens is 270 g/mol. The van der Waals surface area contributed by atoms with Crippen LogP contribution in [0.1, 0.15) is 44.9 Å². The van der Waals surface area contributed by atoms with Crippen LogP contribution in [0.4, 0.5) is 11.5 Å². The van der Waals surface area contributed by atoms with Gasteiger partial charge in [-0.15, -0.1) is 0 Å². The van der Waals surface area contributed by atoms with Gasteiger partial charge in [0.25, 0.3) is 5.69 Å². The average Bonchev–Trinajstić information content (AvgIpc) is 2.49. The fourth-order valence-corrected chi connectivity index (χ4v) is 3.48. The van der Waals surface area contributed by atoms with Crippen LogP contribution in [-0.2, 0) is 4.74 Å². The van der Waals surface area contributed by atoms with Crippen molar-refractivity contribution in [3.63, 3.8) is 0 Å². The first-order chi connectivity index (χ1) is 10.2. The first-order valence-corrected chi connectivity index (χ1v) is 7.68. The Hall–Kier alpha value is -1.69. The number of hydrogen-bond donors (Lipinski definition) is 1. The predicted octanol–water partition coefficient (Wildman–Crippen LogP) is 3.28. The third-order valence-corrected chi connectivity index (χ3v) is 4.57. The molecule has 114 valence electrons. The number of aromatic nitrogens is 1. The van der Waals surface area contributed by atoms with Crippen LogP contribution >= 0.6 is 0 Å². The van der Waals surface area contributed by atoms with Crippen LogP contribution in [0.2, 0.25) is 0 Å². The second-order valence-electron chi connectivity index (χ2n) is 6.08. The summed E-state index contributed by atoms with van der Waals surface area (Å²) in [6.45, 7) is 0.782. The largest absolute Gasteiger partial charge is 0.375 e. The highest BCUT2D eigenvalue weighted by atomic mass is 16.6. The molecule has 21 heavy (non-hydrogen) atoms. The minimum absolute atomic E-state index is 0.0243. The lowest BCUT2D eigenvalue weighted by Gasteiger charge is -2.43. The van der Waals surface area contributed by atoms with Gasteiger partial charge in [-0.2, -0.15) is 0 Å². The second kappa shape index (κ2) is 5.97. The Kier molecular flexibility index (Phi) is 4.05. The Bertz CT molecular complexity index is 492. The van der Waals surface area contributed by atoms with Crippen LogP contribution in [0, 0.1) is 10.1 Å². The van der Waals surface area contributed by atoms with E-state index in [0.717, 1.165) is 32.3 Å². The molecule has 0 radical (unpaired) electrons. The molecule has 2 fully saturated rings.